The van der Waals surface area contributed by atoms with E-state index >= 15 is 0 Å². The highest BCUT2D eigenvalue weighted by molar-refractivity contribution is 5.76. The Labute approximate surface area is 128 Å². The predicted molar refractivity (Wildman–Crippen MR) is 77.3 cm³/mol. The number of nitrogens with zero attached hydrogens (tertiary/aromatic N) is 3. The summed E-state index contributed by atoms with van der Waals surface area (Å²) >= 11 is 0. The standard InChI is InChI=1S/C15H20N4O3/c1-9-12(10(2)22-19-9)4-6-14-17-18-15(21-14)11-3-5-13(20)16-8-7-11/h11H,3-8H2,1-2H3,(H,16,20). The van der Waals surface area contributed by atoms with Crippen LogP contribution in [0.2, 0.25) is 0 Å². The van der Waals surface area contributed by atoms with Crippen LogP contribution in [0.25, 0.3) is 0 Å². The zero-order valence-electron chi connectivity index (χ0n) is 12.9. The van der Waals surface area contributed by atoms with E-state index in [1.807, 2.05) is 13.8 Å². The summed E-state index contributed by atoms with van der Waals surface area (Å²) in [5.74, 6) is 2.37. The fraction of sp³-hybridized carbons (Fsp3) is 0.600. The molecule has 1 amide bonds. The van der Waals surface area contributed by atoms with Gasteiger partial charge in [-0.25, -0.2) is 0 Å². The quantitative estimate of drug-likeness (QED) is 0.926. The number of nitrogens with one attached hydrogen (secondary N) is 1. The number of aryl methyl sites for hydroxylation is 3. The number of carbonyl (C=O) groups excluding carboxylic acids is 1. The Bertz CT molecular complexity index is 642. The van der Waals surface area contributed by atoms with Gasteiger partial charge in [0.05, 0.1) is 5.69 Å². The lowest BCUT2D eigenvalue weighted by molar-refractivity contribution is -0.120. The first-order valence-electron chi connectivity index (χ1n) is 7.64. The third-order valence-corrected chi connectivity index (χ3v) is 4.14. The van der Waals surface area contributed by atoms with Crippen LogP contribution in [0, 0.1) is 13.8 Å². The molecular weight excluding hydrogens is 284 g/mol. The largest absolute Gasteiger partial charge is 0.425 e. The number of carbonyl (C=O) groups is 1. The predicted octanol–water partition coefficient (Wildman–Crippen LogP) is 1.84. The van der Waals surface area contributed by atoms with Gasteiger partial charge in [0.1, 0.15) is 5.76 Å². The molecule has 1 unspecified atom stereocenters. The zero-order chi connectivity index (χ0) is 15.5. The minimum Gasteiger partial charge on any atom is -0.425 e. The number of rotatable bonds is 4. The van der Waals surface area contributed by atoms with Crippen LogP contribution in [0.1, 0.15) is 54.0 Å². The van der Waals surface area contributed by atoms with Crippen molar-refractivity contribution in [2.75, 3.05) is 6.54 Å². The summed E-state index contributed by atoms with van der Waals surface area (Å²) in [5, 5.41) is 15.1. The van der Waals surface area contributed by atoms with E-state index in [9.17, 15) is 4.79 Å². The van der Waals surface area contributed by atoms with Gasteiger partial charge in [0, 0.05) is 30.9 Å². The molecule has 0 aliphatic carbocycles. The number of hydrogen-bond acceptors (Lipinski definition) is 6. The van der Waals surface area contributed by atoms with Gasteiger partial charge in [-0.15, -0.1) is 10.2 Å². The fourth-order valence-corrected chi connectivity index (χ4v) is 2.79. The van der Waals surface area contributed by atoms with Crippen LogP contribution in [0.15, 0.2) is 8.94 Å². The Morgan fingerprint density at radius 1 is 1.23 bits per heavy atom. The maximum Gasteiger partial charge on any atom is 0.220 e. The number of aromatic nitrogens is 3. The van der Waals surface area contributed by atoms with E-state index in [1.165, 1.54) is 0 Å². The van der Waals surface area contributed by atoms with Gasteiger partial charge >= 0.3 is 0 Å². The van der Waals surface area contributed by atoms with Crippen molar-refractivity contribution in [3.8, 4) is 0 Å². The minimum absolute atomic E-state index is 0.0978. The maximum atomic E-state index is 11.4. The maximum absolute atomic E-state index is 11.4. The molecule has 3 rings (SSSR count). The second-order valence-electron chi connectivity index (χ2n) is 5.71. The SMILES string of the molecule is Cc1noc(C)c1CCc1nnc(C2CCNC(=O)CC2)o1. The Balaban J connectivity index is 1.62. The average Bonchev–Trinajstić information content (AvgIpc) is 3.01. The summed E-state index contributed by atoms with van der Waals surface area (Å²) in [7, 11) is 0. The van der Waals surface area contributed by atoms with Gasteiger partial charge in [-0.1, -0.05) is 5.16 Å². The Kier molecular flexibility index (Phi) is 4.22. The molecule has 1 fully saturated rings. The van der Waals surface area contributed by atoms with Gasteiger partial charge < -0.3 is 14.3 Å². The van der Waals surface area contributed by atoms with Crippen LogP contribution >= 0.6 is 0 Å². The molecule has 0 aromatic carbocycles. The lowest BCUT2D eigenvalue weighted by atomic mass is 10.0. The lowest BCUT2D eigenvalue weighted by Gasteiger charge is -2.06. The third-order valence-electron chi connectivity index (χ3n) is 4.14. The highest BCUT2D eigenvalue weighted by atomic mass is 16.5. The molecule has 1 aliphatic rings. The first-order chi connectivity index (χ1) is 10.6. The molecule has 0 radical (unpaired) electrons. The van der Waals surface area contributed by atoms with Crippen LogP contribution < -0.4 is 5.32 Å². The van der Waals surface area contributed by atoms with Gasteiger partial charge in [0.15, 0.2) is 0 Å². The molecule has 7 nitrogen and oxygen atoms in total. The second-order valence-corrected chi connectivity index (χ2v) is 5.71. The first-order valence-corrected chi connectivity index (χ1v) is 7.64. The van der Waals surface area contributed by atoms with E-state index < -0.39 is 0 Å². The van der Waals surface area contributed by atoms with Gasteiger partial charge in [-0.3, -0.25) is 4.79 Å². The molecule has 7 heteroatoms. The first kappa shape index (κ1) is 14.7. The Hall–Kier alpha value is -2.18. The average molecular weight is 304 g/mol. The van der Waals surface area contributed by atoms with Crippen LogP contribution in [0.4, 0.5) is 0 Å². The molecule has 1 N–H and O–H groups in total. The summed E-state index contributed by atoms with van der Waals surface area (Å²) in [5.41, 5.74) is 2.01. The molecule has 3 heterocycles. The summed E-state index contributed by atoms with van der Waals surface area (Å²) < 4.78 is 10.9. The van der Waals surface area contributed by atoms with Gasteiger partial charge in [0.25, 0.3) is 0 Å². The minimum atomic E-state index is 0.0978. The molecule has 1 aliphatic heterocycles. The summed E-state index contributed by atoms with van der Waals surface area (Å²) in [6.07, 6.45) is 3.56. The van der Waals surface area contributed by atoms with Crippen molar-refractivity contribution in [3.63, 3.8) is 0 Å². The normalized spacial score (nSPS) is 19.0. The van der Waals surface area contributed by atoms with Crippen LogP contribution in [-0.2, 0) is 17.6 Å². The summed E-state index contributed by atoms with van der Waals surface area (Å²) in [6.45, 7) is 4.50. The molecule has 2 aromatic heterocycles. The smallest absolute Gasteiger partial charge is 0.220 e. The highest BCUT2D eigenvalue weighted by Crippen LogP contribution is 2.25. The van der Waals surface area contributed by atoms with Crippen molar-refractivity contribution in [1.29, 1.82) is 0 Å². The van der Waals surface area contributed by atoms with Crippen molar-refractivity contribution in [2.24, 2.45) is 0 Å². The molecule has 0 bridgehead atoms. The summed E-state index contributed by atoms with van der Waals surface area (Å²) in [4.78, 5) is 11.4. The lowest BCUT2D eigenvalue weighted by Crippen LogP contribution is -2.21. The van der Waals surface area contributed by atoms with Gasteiger partial charge in [-0.2, -0.15) is 0 Å². The molecular formula is C15H20N4O3. The molecule has 2 aromatic rings. The molecule has 0 saturated carbocycles. The molecule has 1 atom stereocenters. The van der Waals surface area contributed by atoms with E-state index in [4.69, 9.17) is 8.94 Å². The highest BCUT2D eigenvalue weighted by Gasteiger charge is 2.22. The van der Waals surface area contributed by atoms with Crippen LogP contribution in [0.5, 0.6) is 0 Å². The molecule has 118 valence electrons. The van der Waals surface area contributed by atoms with Crippen LogP contribution in [0.3, 0.4) is 0 Å². The van der Waals surface area contributed by atoms with E-state index in [1.54, 1.807) is 0 Å². The van der Waals surface area contributed by atoms with Crippen molar-refractivity contribution in [1.82, 2.24) is 20.7 Å². The number of amides is 1. The van der Waals surface area contributed by atoms with E-state index in [-0.39, 0.29) is 11.8 Å². The third kappa shape index (κ3) is 3.18. The molecule has 0 spiro atoms. The Morgan fingerprint density at radius 3 is 2.86 bits per heavy atom. The van der Waals surface area contributed by atoms with Crippen molar-refractivity contribution >= 4 is 5.91 Å². The topological polar surface area (TPSA) is 94.0 Å². The van der Waals surface area contributed by atoms with Crippen molar-refractivity contribution < 1.29 is 13.7 Å². The summed E-state index contributed by atoms with van der Waals surface area (Å²) in [6, 6.07) is 0. The fourth-order valence-electron chi connectivity index (χ4n) is 2.79. The Morgan fingerprint density at radius 2 is 2.09 bits per heavy atom. The van der Waals surface area contributed by atoms with E-state index in [0.29, 0.717) is 31.2 Å². The number of hydrogen-bond donors (Lipinski definition) is 1. The van der Waals surface area contributed by atoms with Crippen molar-refractivity contribution in [2.45, 2.75) is 51.9 Å². The monoisotopic (exact) mass is 304 g/mol. The molecule has 1 saturated heterocycles. The zero-order valence-corrected chi connectivity index (χ0v) is 12.9. The van der Waals surface area contributed by atoms with Crippen LogP contribution in [-0.4, -0.2) is 27.8 Å². The van der Waals surface area contributed by atoms with E-state index in [2.05, 4.69) is 20.7 Å². The van der Waals surface area contributed by atoms with Gasteiger partial charge in [0.2, 0.25) is 17.7 Å². The van der Waals surface area contributed by atoms with Gasteiger partial charge in [-0.05, 0) is 33.1 Å². The second kappa shape index (κ2) is 6.29. The van der Waals surface area contributed by atoms with E-state index in [0.717, 1.165) is 36.3 Å². The van der Waals surface area contributed by atoms with Crippen molar-refractivity contribution in [3.05, 3.63) is 28.8 Å². The molecule has 22 heavy (non-hydrogen) atoms.